The molecule has 0 bridgehead atoms. The van der Waals surface area contributed by atoms with Gasteiger partial charge in [0.1, 0.15) is 5.75 Å². The molecule has 1 aromatic rings. The predicted molar refractivity (Wildman–Crippen MR) is 80.7 cm³/mol. The average molecular weight is 295 g/mol. The first-order valence-electron chi connectivity index (χ1n) is 6.68. The van der Waals surface area contributed by atoms with Gasteiger partial charge in [-0.15, -0.1) is 0 Å². The number of hydrogen-bond acceptors (Lipinski definition) is 5. The Labute approximate surface area is 123 Å². The summed E-state index contributed by atoms with van der Waals surface area (Å²) in [6.45, 7) is 7.88. The lowest BCUT2D eigenvalue weighted by atomic mass is 10.1. The number of nitro groups is 1. The van der Waals surface area contributed by atoms with Gasteiger partial charge in [-0.1, -0.05) is 0 Å². The van der Waals surface area contributed by atoms with Gasteiger partial charge in [0, 0.05) is 23.4 Å². The number of anilines is 1. The minimum absolute atomic E-state index is 0.0317. The Hall–Kier alpha value is -2.31. The molecular formula is C14H21N3O4. The van der Waals surface area contributed by atoms with Crippen molar-refractivity contribution >= 4 is 17.3 Å². The molecule has 0 fully saturated rings. The Morgan fingerprint density at radius 2 is 2.00 bits per heavy atom. The number of non-ortho nitro benzene ring substituents is 1. The molecule has 116 valence electrons. The van der Waals surface area contributed by atoms with Crippen molar-refractivity contribution in [3.63, 3.8) is 0 Å². The third kappa shape index (κ3) is 6.11. The molecule has 0 aromatic heterocycles. The molecule has 0 unspecified atom stereocenters. The second-order valence-electron chi connectivity index (χ2n) is 5.56. The number of nitrogens with zero attached hydrogens (tertiary/aromatic N) is 1. The second-order valence-corrected chi connectivity index (χ2v) is 5.56. The SMILES string of the molecule is CCOc1cc(NCC(=O)NC(C)(C)C)cc([N+](=O)[O-])c1. The van der Waals surface area contributed by atoms with Gasteiger partial charge >= 0.3 is 0 Å². The van der Waals surface area contributed by atoms with Gasteiger partial charge in [-0.05, 0) is 27.7 Å². The number of amides is 1. The summed E-state index contributed by atoms with van der Waals surface area (Å²) >= 11 is 0. The third-order valence-electron chi connectivity index (χ3n) is 2.38. The minimum atomic E-state index is -0.497. The van der Waals surface area contributed by atoms with Crippen LogP contribution >= 0.6 is 0 Å². The number of carbonyl (C=O) groups is 1. The van der Waals surface area contributed by atoms with Gasteiger partial charge in [0.15, 0.2) is 0 Å². The first-order valence-corrected chi connectivity index (χ1v) is 6.68. The molecule has 0 aliphatic rings. The monoisotopic (exact) mass is 295 g/mol. The van der Waals surface area contributed by atoms with Gasteiger partial charge in [-0.2, -0.15) is 0 Å². The first kappa shape index (κ1) is 16.7. The molecule has 1 rings (SSSR count). The van der Waals surface area contributed by atoms with Crippen molar-refractivity contribution in [1.29, 1.82) is 0 Å². The van der Waals surface area contributed by atoms with E-state index in [0.29, 0.717) is 18.0 Å². The van der Waals surface area contributed by atoms with E-state index in [2.05, 4.69) is 10.6 Å². The lowest BCUT2D eigenvalue weighted by Gasteiger charge is -2.20. The van der Waals surface area contributed by atoms with E-state index in [-0.39, 0.29) is 23.7 Å². The fourth-order valence-electron chi connectivity index (χ4n) is 1.69. The molecule has 0 atom stereocenters. The fraction of sp³-hybridized carbons (Fsp3) is 0.500. The number of rotatable bonds is 6. The van der Waals surface area contributed by atoms with Crippen LogP contribution in [0, 0.1) is 10.1 Å². The fourth-order valence-corrected chi connectivity index (χ4v) is 1.69. The van der Waals surface area contributed by atoms with E-state index in [0.717, 1.165) is 0 Å². The second kappa shape index (κ2) is 6.92. The summed E-state index contributed by atoms with van der Waals surface area (Å²) in [6.07, 6.45) is 0. The Balaban J connectivity index is 2.78. The maximum atomic E-state index is 11.7. The number of nitrogens with one attached hydrogen (secondary N) is 2. The number of benzene rings is 1. The molecule has 7 heteroatoms. The molecule has 21 heavy (non-hydrogen) atoms. The van der Waals surface area contributed by atoms with Gasteiger partial charge in [-0.25, -0.2) is 0 Å². The van der Waals surface area contributed by atoms with Crippen LogP contribution in [-0.4, -0.2) is 29.5 Å². The number of nitro benzene ring substituents is 1. The highest BCUT2D eigenvalue weighted by atomic mass is 16.6. The number of hydrogen-bond donors (Lipinski definition) is 2. The van der Waals surface area contributed by atoms with Gasteiger partial charge in [0.25, 0.3) is 5.69 Å². The molecular weight excluding hydrogens is 274 g/mol. The Morgan fingerprint density at radius 1 is 1.33 bits per heavy atom. The van der Waals surface area contributed by atoms with Crippen molar-refractivity contribution in [2.24, 2.45) is 0 Å². The largest absolute Gasteiger partial charge is 0.494 e. The van der Waals surface area contributed by atoms with Crippen LogP contribution in [0.1, 0.15) is 27.7 Å². The first-order chi connectivity index (χ1) is 9.71. The average Bonchev–Trinajstić information content (AvgIpc) is 2.34. The summed E-state index contributed by atoms with van der Waals surface area (Å²) in [4.78, 5) is 22.1. The van der Waals surface area contributed by atoms with Crippen molar-refractivity contribution in [2.45, 2.75) is 33.2 Å². The van der Waals surface area contributed by atoms with Crippen LogP contribution in [0.2, 0.25) is 0 Å². The molecule has 1 amide bonds. The summed E-state index contributed by atoms with van der Waals surface area (Å²) in [5.74, 6) is 0.206. The highest BCUT2D eigenvalue weighted by molar-refractivity contribution is 5.81. The predicted octanol–water partition coefficient (Wildman–Crippen LogP) is 2.32. The van der Waals surface area contributed by atoms with E-state index in [9.17, 15) is 14.9 Å². The lowest BCUT2D eigenvalue weighted by Crippen LogP contribution is -2.43. The van der Waals surface area contributed by atoms with Crippen molar-refractivity contribution in [2.75, 3.05) is 18.5 Å². The van der Waals surface area contributed by atoms with E-state index < -0.39 is 4.92 Å². The zero-order valence-electron chi connectivity index (χ0n) is 12.7. The standard InChI is InChI=1S/C14H21N3O4/c1-5-21-12-7-10(6-11(8-12)17(19)20)15-9-13(18)16-14(2,3)4/h6-8,15H,5,9H2,1-4H3,(H,16,18). The van der Waals surface area contributed by atoms with Crippen LogP contribution < -0.4 is 15.4 Å². The van der Waals surface area contributed by atoms with Crippen molar-refractivity contribution in [1.82, 2.24) is 5.32 Å². The van der Waals surface area contributed by atoms with Crippen LogP contribution in [0.3, 0.4) is 0 Å². The normalized spacial score (nSPS) is 10.9. The highest BCUT2D eigenvalue weighted by Crippen LogP contribution is 2.25. The third-order valence-corrected chi connectivity index (χ3v) is 2.38. The van der Waals surface area contributed by atoms with Gasteiger partial charge < -0.3 is 15.4 Å². The van der Waals surface area contributed by atoms with Crippen LogP contribution in [0.25, 0.3) is 0 Å². The molecule has 0 heterocycles. The van der Waals surface area contributed by atoms with E-state index in [4.69, 9.17) is 4.74 Å². The quantitative estimate of drug-likeness (QED) is 0.620. The maximum absolute atomic E-state index is 11.7. The number of carbonyl (C=O) groups excluding carboxylic acids is 1. The van der Waals surface area contributed by atoms with Gasteiger partial charge in [0.05, 0.1) is 24.1 Å². The van der Waals surface area contributed by atoms with Crippen LogP contribution in [0.4, 0.5) is 11.4 Å². The van der Waals surface area contributed by atoms with E-state index in [1.54, 1.807) is 13.0 Å². The molecule has 0 radical (unpaired) electrons. The summed E-state index contributed by atoms with van der Waals surface area (Å²) < 4.78 is 5.28. The molecule has 2 N–H and O–H groups in total. The maximum Gasteiger partial charge on any atom is 0.275 e. The van der Waals surface area contributed by atoms with Crippen molar-refractivity contribution < 1.29 is 14.5 Å². The molecule has 0 saturated carbocycles. The van der Waals surface area contributed by atoms with E-state index >= 15 is 0 Å². The summed E-state index contributed by atoms with van der Waals surface area (Å²) in [6, 6.07) is 4.34. The molecule has 0 spiro atoms. The zero-order chi connectivity index (χ0) is 16.0. The molecule has 0 aliphatic heterocycles. The molecule has 1 aromatic carbocycles. The molecule has 0 saturated heterocycles. The van der Waals surface area contributed by atoms with Gasteiger partial charge in [-0.3, -0.25) is 14.9 Å². The van der Waals surface area contributed by atoms with E-state index in [1.807, 2.05) is 20.8 Å². The number of ether oxygens (including phenoxy) is 1. The molecule has 7 nitrogen and oxygen atoms in total. The Bertz CT molecular complexity index is 523. The Morgan fingerprint density at radius 3 is 2.52 bits per heavy atom. The molecule has 0 aliphatic carbocycles. The summed E-state index contributed by atoms with van der Waals surface area (Å²) in [5, 5.41) is 16.5. The van der Waals surface area contributed by atoms with Gasteiger partial charge in [0.2, 0.25) is 5.91 Å². The van der Waals surface area contributed by atoms with E-state index in [1.165, 1.54) is 12.1 Å². The lowest BCUT2D eigenvalue weighted by molar-refractivity contribution is -0.384. The topological polar surface area (TPSA) is 93.5 Å². The minimum Gasteiger partial charge on any atom is -0.494 e. The van der Waals surface area contributed by atoms with Crippen LogP contribution in [-0.2, 0) is 4.79 Å². The smallest absolute Gasteiger partial charge is 0.275 e. The Kier molecular flexibility index (Phi) is 5.52. The summed E-state index contributed by atoms with van der Waals surface area (Å²) in [7, 11) is 0. The zero-order valence-corrected chi connectivity index (χ0v) is 12.7. The van der Waals surface area contributed by atoms with Crippen molar-refractivity contribution in [3.8, 4) is 5.75 Å². The highest BCUT2D eigenvalue weighted by Gasteiger charge is 2.14. The van der Waals surface area contributed by atoms with Crippen LogP contribution in [0.15, 0.2) is 18.2 Å². The van der Waals surface area contributed by atoms with Crippen molar-refractivity contribution in [3.05, 3.63) is 28.3 Å². The van der Waals surface area contributed by atoms with Crippen LogP contribution in [0.5, 0.6) is 5.75 Å². The summed E-state index contributed by atoms with van der Waals surface area (Å²) in [5.41, 5.74) is 0.0640.